The summed E-state index contributed by atoms with van der Waals surface area (Å²) in [5.41, 5.74) is 5.97. The molecular formula is C35H64N6O7. The third kappa shape index (κ3) is 17.9. The average molecular weight is 681 g/mol. The molecule has 0 aliphatic rings. The Kier molecular flexibility index (Phi) is 22.6. The highest BCUT2D eigenvalue weighted by Gasteiger charge is 2.32. The molecule has 6 N–H and O–H groups in total. The highest BCUT2D eigenvalue weighted by Crippen LogP contribution is 2.18. The molecule has 13 nitrogen and oxygen atoms in total. The Hall–Kier alpha value is -3.87. The monoisotopic (exact) mass is 680 g/mol. The maximum absolute atomic E-state index is 13.6. The lowest BCUT2D eigenvalue weighted by Crippen LogP contribution is -2.56. The zero-order valence-corrected chi connectivity index (χ0v) is 31.6. The van der Waals surface area contributed by atoms with Crippen molar-refractivity contribution in [3.05, 3.63) is 29.8 Å². The first-order chi connectivity index (χ1) is 22.3. The van der Waals surface area contributed by atoms with Gasteiger partial charge in [-0.15, -0.1) is 0 Å². The molecule has 0 spiro atoms. The number of benzene rings is 1. The fraction of sp³-hybridized carbons (Fsp3) is 0.686. The minimum absolute atomic E-state index is 0.0385. The van der Waals surface area contributed by atoms with E-state index < -0.39 is 47.7 Å². The summed E-state index contributed by atoms with van der Waals surface area (Å²) in [5, 5.41) is 17.4. The number of carboxylic acids is 1. The van der Waals surface area contributed by atoms with Gasteiger partial charge in [0.1, 0.15) is 23.7 Å². The number of hydrogen-bond donors (Lipinski definition) is 5. The second-order valence-electron chi connectivity index (χ2n) is 12.7. The van der Waals surface area contributed by atoms with Crippen LogP contribution in [0.5, 0.6) is 0 Å². The Morgan fingerprint density at radius 3 is 1.88 bits per heavy atom. The number of carbonyl (C=O) groups excluding carboxylic acids is 4. The Morgan fingerprint density at radius 2 is 1.44 bits per heavy atom. The van der Waals surface area contributed by atoms with Gasteiger partial charge in [-0.25, -0.2) is 9.59 Å². The van der Waals surface area contributed by atoms with E-state index in [9.17, 15) is 29.1 Å². The quantitative estimate of drug-likeness (QED) is 0.155. The summed E-state index contributed by atoms with van der Waals surface area (Å²) in [6.07, 6.45) is 0.445. The van der Waals surface area contributed by atoms with Crippen LogP contribution in [0.1, 0.15) is 94.6 Å². The van der Waals surface area contributed by atoms with Crippen LogP contribution in [0, 0.1) is 11.8 Å². The van der Waals surface area contributed by atoms with E-state index in [0.717, 1.165) is 5.56 Å². The predicted molar refractivity (Wildman–Crippen MR) is 192 cm³/mol. The molecule has 1 aromatic rings. The highest BCUT2D eigenvalue weighted by atomic mass is 16.6. The van der Waals surface area contributed by atoms with Crippen molar-refractivity contribution < 1.29 is 33.8 Å². The molecule has 1 aromatic carbocycles. The van der Waals surface area contributed by atoms with Gasteiger partial charge in [0.15, 0.2) is 0 Å². The molecule has 3 atom stereocenters. The fourth-order valence-electron chi connectivity index (χ4n) is 4.68. The molecule has 0 aromatic heterocycles. The number of rotatable bonds is 16. The minimum Gasteiger partial charge on any atom is -0.480 e. The van der Waals surface area contributed by atoms with Crippen LogP contribution < -0.4 is 26.6 Å². The highest BCUT2D eigenvalue weighted by molar-refractivity contribution is 5.99. The lowest BCUT2D eigenvalue weighted by atomic mass is 10.0. The fourth-order valence-corrected chi connectivity index (χ4v) is 4.68. The van der Waals surface area contributed by atoms with Crippen molar-refractivity contribution in [3.8, 4) is 0 Å². The minimum atomic E-state index is -0.957. The molecule has 0 aliphatic carbocycles. The van der Waals surface area contributed by atoms with E-state index in [4.69, 9.17) is 10.5 Å². The van der Waals surface area contributed by atoms with Crippen LogP contribution >= 0.6 is 0 Å². The number of ether oxygens (including phenoxy) is 1. The van der Waals surface area contributed by atoms with Crippen molar-refractivity contribution in [1.82, 2.24) is 20.9 Å². The van der Waals surface area contributed by atoms with Crippen molar-refractivity contribution in [2.45, 2.75) is 119 Å². The van der Waals surface area contributed by atoms with E-state index in [0.29, 0.717) is 25.1 Å². The summed E-state index contributed by atoms with van der Waals surface area (Å²) in [4.78, 5) is 65.3. The van der Waals surface area contributed by atoms with Gasteiger partial charge in [0.2, 0.25) is 11.8 Å². The molecule has 5 amide bonds. The molecular weight excluding hydrogens is 616 g/mol. The number of nitrogens with two attached hydrogens (primary N) is 1. The lowest BCUT2D eigenvalue weighted by molar-refractivity contribution is -0.144. The molecule has 0 saturated carbocycles. The summed E-state index contributed by atoms with van der Waals surface area (Å²) in [6.45, 7) is 21.2. The lowest BCUT2D eigenvalue weighted by Gasteiger charge is -2.29. The van der Waals surface area contributed by atoms with E-state index in [1.165, 1.54) is 4.90 Å². The Labute approximate surface area is 288 Å². The first-order valence-electron chi connectivity index (χ1n) is 17.0. The first-order valence-corrected chi connectivity index (χ1v) is 17.0. The molecule has 0 saturated heterocycles. The summed E-state index contributed by atoms with van der Waals surface area (Å²) in [6, 6.07) is 4.15. The maximum Gasteiger partial charge on any atom is 0.408 e. The van der Waals surface area contributed by atoms with Gasteiger partial charge in [-0.3, -0.25) is 19.3 Å². The average Bonchev–Trinajstić information content (AvgIpc) is 3.00. The van der Waals surface area contributed by atoms with E-state index in [-0.39, 0.29) is 30.7 Å². The zero-order chi connectivity index (χ0) is 37.8. The second-order valence-corrected chi connectivity index (χ2v) is 12.7. The number of anilines is 1. The third-order valence-corrected chi connectivity index (χ3v) is 6.97. The second kappa shape index (κ2) is 23.5. The van der Waals surface area contributed by atoms with Gasteiger partial charge in [-0.2, -0.15) is 0 Å². The van der Waals surface area contributed by atoms with Crippen LogP contribution in [0.25, 0.3) is 0 Å². The Balaban J connectivity index is 0. The number of urea groups is 1. The van der Waals surface area contributed by atoms with Crippen LogP contribution in [-0.4, -0.2) is 90.8 Å². The van der Waals surface area contributed by atoms with Crippen molar-refractivity contribution in [1.29, 1.82) is 0 Å². The van der Waals surface area contributed by atoms with E-state index in [1.54, 1.807) is 60.8 Å². The number of alkyl carbamates (subject to hydrolysis) is 1. The number of primary amides is 1. The van der Waals surface area contributed by atoms with Gasteiger partial charge < -0.3 is 36.4 Å². The van der Waals surface area contributed by atoms with E-state index >= 15 is 0 Å². The normalized spacial score (nSPS) is 12.8. The zero-order valence-electron chi connectivity index (χ0n) is 31.6. The van der Waals surface area contributed by atoms with Crippen LogP contribution in [0.3, 0.4) is 0 Å². The van der Waals surface area contributed by atoms with Gasteiger partial charge >= 0.3 is 18.1 Å². The molecule has 0 fully saturated rings. The third-order valence-electron chi connectivity index (χ3n) is 6.97. The van der Waals surface area contributed by atoms with Crippen molar-refractivity contribution in [2.24, 2.45) is 17.6 Å². The SMILES string of the molecule is CC.CC.CC(C)C(C(=O)O)N(C)CCc1ccc(N(C)C(=O)[C@H](CCCNC(N)=O)NC(=O)[C@@H](NC(=O)OC(C)(C)C)C(C)C)cc1. The molecule has 1 rings (SSSR count). The summed E-state index contributed by atoms with van der Waals surface area (Å²) in [5.74, 6) is -2.12. The molecule has 48 heavy (non-hydrogen) atoms. The van der Waals surface area contributed by atoms with Gasteiger partial charge in [0.05, 0.1) is 0 Å². The number of carbonyl (C=O) groups is 5. The molecule has 0 radical (unpaired) electrons. The van der Waals surface area contributed by atoms with Crippen LogP contribution in [0.4, 0.5) is 15.3 Å². The first kappa shape index (κ1) is 46.2. The number of nitrogens with one attached hydrogen (secondary N) is 3. The van der Waals surface area contributed by atoms with Gasteiger partial charge in [-0.05, 0) is 76.6 Å². The molecule has 0 bridgehead atoms. The smallest absolute Gasteiger partial charge is 0.408 e. The van der Waals surface area contributed by atoms with Crippen LogP contribution in [0.2, 0.25) is 0 Å². The molecule has 276 valence electrons. The molecule has 1 unspecified atom stereocenters. The number of likely N-dealkylation sites (N-methyl/N-ethyl adjacent to an activating group) is 2. The number of carboxylic acid groups (broad SMARTS) is 1. The van der Waals surface area contributed by atoms with E-state index in [2.05, 4.69) is 16.0 Å². The Bertz CT molecular complexity index is 1120. The van der Waals surface area contributed by atoms with E-state index in [1.807, 2.05) is 58.6 Å². The predicted octanol–water partition coefficient (Wildman–Crippen LogP) is 4.77. The van der Waals surface area contributed by atoms with Crippen molar-refractivity contribution in [3.63, 3.8) is 0 Å². The molecule has 0 aliphatic heterocycles. The maximum atomic E-state index is 13.6. The number of hydrogen-bond acceptors (Lipinski definition) is 7. The van der Waals surface area contributed by atoms with Crippen LogP contribution in [0.15, 0.2) is 24.3 Å². The summed E-state index contributed by atoms with van der Waals surface area (Å²) < 4.78 is 5.31. The standard InChI is InChI=1S/C31H52N6O7.2C2H6/c1-19(2)24(35-30(43)44-31(5,6)7)26(38)34-23(11-10-17-33-29(32)42)27(39)37(9)22-14-12-21(13-15-22)16-18-36(8)25(20(3)4)28(40)41;2*1-2/h12-15,19-20,23-25H,10-11,16-18H2,1-9H3,(H,34,38)(H,35,43)(H,40,41)(H3,32,33,42);2*1-2H3/t23-,24-,25?;;/m0../s1. The van der Waals surface area contributed by atoms with Crippen molar-refractivity contribution in [2.75, 3.05) is 32.1 Å². The van der Waals surface area contributed by atoms with Crippen molar-refractivity contribution >= 4 is 35.6 Å². The number of amides is 5. The Morgan fingerprint density at radius 1 is 0.896 bits per heavy atom. The topological polar surface area (TPSA) is 183 Å². The van der Waals surface area contributed by atoms with Crippen LogP contribution in [-0.2, 0) is 25.5 Å². The summed E-state index contributed by atoms with van der Waals surface area (Å²) >= 11 is 0. The summed E-state index contributed by atoms with van der Waals surface area (Å²) in [7, 11) is 3.39. The largest absolute Gasteiger partial charge is 0.480 e. The van der Waals surface area contributed by atoms with Gasteiger partial charge in [0, 0.05) is 25.8 Å². The molecule has 13 heteroatoms. The van der Waals surface area contributed by atoms with Gasteiger partial charge in [-0.1, -0.05) is 67.5 Å². The number of aliphatic carboxylic acids is 1. The van der Waals surface area contributed by atoms with Gasteiger partial charge in [0.25, 0.3) is 0 Å². The number of nitrogens with zero attached hydrogens (tertiary/aromatic N) is 2. The molecule has 0 heterocycles.